The first kappa shape index (κ1) is 16.8. The normalized spacial score (nSPS) is 10.8. The van der Waals surface area contributed by atoms with E-state index in [-0.39, 0.29) is 0 Å². The lowest BCUT2D eigenvalue weighted by atomic mass is 10.1. The number of hydrogen-bond acceptors (Lipinski definition) is 3. The monoisotopic (exact) mass is 346 g/mol. The molecular weight excluding hydrogens is 333 g/mol. The number of hydrogen-bond donors (Lipinski definition) is 1. The summed E-state index contributed by atoms with van der Waals surface area (Å²) in [6.07, 6.45) is 0. The van der Waals surface area contributed by atoms with Crippen molar-refractivity contribution in [3.63, 3.8) is 0 Å². The highest BCUT2D eigenvalue weighted by Gasteiger charge is 2.19. The Balaban J connectivity index is 1.81. The molecule has 0 radical (unpaired) electrons. The quantitative estimate of drug-likeness (QED) is 0.704. The third-order valence-electron chi connectivity index (χ3n) is 3.60. The number of nitrogens with one attached hydrogen (secondary N) is 1. The minimum Gasteiger partial charge on any atom is -0.446 e. The minimum atomic E-state index is -1.68. The van der Waals surface area contributed by atoms with Crippen LogP contribution in [-0.4, -0.2) is 10.9 Å². The van der Waals surface area contributed by atoms with Crippen molar-refractivity contribution < 1.29 is 22.4 Å². The fraction of sp³-hybridized carbons (Fsp3) is 0.111. The van der Waals surface area contributed by atoms with Crippen LogP contribution in [0.5, 0.6) is 0 Å². The molecule has 0 aliphatic rings. The topological polar surface area (TPSA) is 55.1 Å². The van der Waals surface area contributed by atoms with Gasteiger partial charge in [-0.2, -0.15) is 0 Å². The van der Waals surface area contributed by atoms with Crippen molar-refractivity contribution in [3.8, 4) is 11.3 Å². The Kier molecular flexibility index (Phi) is 4.31. The van der Waals surface area contributed by atoms with Gasteiger partial charge >= 0.3 is 0 Å². The Morgan fingerprint density at radius 3 is 2.28 bits per heavy atom. The van der Waals surface area contributed by atoms with E-state index >= 15 is 0 Å². The number of halogens is 3. The van der Waals surface area contributed by atoms with Gasteiger partial charge in [-0.25, -0.2) is 18.2 Å². The van der Waals surface area contributed by atoms with Crippen molar-refractivity contribution in [2.24, 2.45) is 0 Å². The van der Waals surface area contributed by atoms with Crippen LogP contribution in [0.3, 0.4) is 0 Å². The maximum absolute atomic E-state index is 13.7. The van der Waals surface area contributed by atoms with Crippen molar-refractivity contribution >= 4 is 11.6 Å². The van der Waals surface area contributed by atoms with Crippen LogP contribution in [0, 0.1) is 31.3 Å². The Labute approximate surface area is 141 Å². The van der Waals surface area contributed by atoms with Crippen LogP contribution in [-0.2, 0) is 0 Å². The average Bonchev–Trinajstić information content (AvgIpc) is 2.92. The van der Waals surface area contributed by atoms with Crippen molar-refractivity contribution in [1.82, 2.24) is 4.98 Å². The van der Waals surface area contributed by atoms with E-state index in [9.17, 15) is 18.0 Å². The van der Waals surface area contributed by atoms with Gasteiger partial charge in [-0.3, -0.25) is 4.79 Å². The summed E-state index contributed by atoms with van der Waals surface area (Å²) < 4.78 is 45.2. The van der Waals surface area contributed by atoms with Crippen LogP contribution < -0.4 is 5.32 Å². The fourth-order valence-corrected chi connectivity index (χ4v) is 2.41. The Morgan fingerprint density at radius 2 is 1.68 bits per heavy atom. The van der Waals surface area contributed by atoms with Gasteiger partial charge in [0.05, 0.1) is 5.56 Å². The van der Waals surface area contributed by atoms with Crippen molar-refractivity contribution in [1.29, 1.82) is 0 Å². The van der Waals surface area contributed by atoms with Gasteiger partial charge in [0, 0.05) is 18.2 Å². The van der Waals surface area contributed by atoms with Gasteiger partial charge in [0.15, 0.2) is 23.3 Å². The van der Waals surface area contributed by atoms with Crippen LogP contribution >= 0.6 is 0 Å². The van der Waals surface area contributed by atoms with E-state index in [1.807, 2.05) is 0 Å². The molecule has 4 nitrogen and oxygen atoms in total. The minimum absolute atomic E-state index is 0.371. The van der Waals surface area contributed by atoms with E-state index < -0.39 is 28.9 Å². The predicted molar refractivity (Wildman–Crippen MR) is 85.7 cm³/mol. The number of carbonyl (C=O) groups excluding carboxylic acids is 1. The van der Waals surface area contributed by atoms with E-state index in [1.54, 1.807) is 38.1 Å². The van der Waals surface area contributed by atoms with Crippen LogP contribution in [0.2, 0.25) is 0 Å². The number of carbonyl (C=O) groups is 1. The van der Waals surface area contributed by atoms with Gasteiger partial charge in [-0.05, 0) is 31.2 Å². The number of aromatic nitrogens is 1. The molecule has 0 bridgehead atoms. The molecule has 1 heterocycles. The van der Waals surface area contributed by atoms with Gasteiger partial charge in [0.2, 0.25) is 0 Å². The predicted octanol–water partition coefficient (Wildman–Crippen LogP) is 4.63. The summed E-state index contributed by atoms with van der Waals surface area (Å²) in [5.41, 5.74) is 1.26. The number of aryl methyl sites for hydroxylation is 2. The molecule has 25 heavy (non-hydrogen) atoms. The summed E-state index contributed by atoms with van der Waals surface area (Å²) in [5, 5.41) is 2.43. The lowest BCUT2D eigenvalue weighted by Gasteiger charge is -2.07. The van der Waals surface area contributed by atoms with Crippen LogP contribution in [0.4, 0.5) is 18.9 Å². The highest BCUT2D eigenvalue weighted by molar-refractivity contribution is 6.04. The molecule has 1 N–H and O–H groups in total. The first-order valence-electron chi connectivity index (χ1n) is 7.36. The summed E-state index contributed by atoms with van der Waals surface area (Å²) >= 11 is 0. The van der Waals surface area contributed by atoms with Gasteiger partial charge in [-0.1, -0.05) is 12.1 Å². The number of anilines is 1. The second kappa shape index (κ2) is 6.43. The molecule has 7 heteroatoms. The molecule has 0 saturated carbocycles. The van der Waals surface area contributed by atoms with Crippen molar-refractivity contribution in [3.05, 3.63) is 71.1 Å². The maximum atomic E-state index is 13.7. The molecule has 128 valence electrons. The third-order valence-corrected chi connectivity index (χ3v) is 3.60. The molecule has 0 aliphatic carbocycles. The molecule has 0 fully saturated rings. The molecule has 0 unspecified atom stereocenters. The van der Waals surface area contributed by atoms with Crippen molar-refractivity contribution in [2.45, 2.75) is 13.8 Å². The Bertz CT molecular complexity index is 950. The first-order valence-corrected chi connectivity index (χ1v) is 7.36. The van der Waals surface area contributed by atoms with E-state index in [0.717, 1.165) is 11.6 Å². The summed E-state index contributed by atoms with van der Waals surface area (Å²) in [6.45, 7) is 3.53. The molecule has 0 aliphatic heterocycles. The second-order valence-electron chi connectivity index (χ2n) is 5.39. The molecule has 2 aromatic carbocycles. The standard InChI is InChI=1S/C18H13F3N2O2/c1-9-17(22-10(2)25-9)11-3-5-12(6-4-11)23-18(24)13-7-8-14(19)16(21)15(13)20/h3-8H,1-2H3,(H,23,24). The van der Waals surface area contributed by atoms with Crippen LogP contribution in [0.1, 0.15) is 22.0 Å². The Hall–Kier alpha value is -3.09. The van der Waals surface area contributed by atoms with Crippen LogP contribution in [0.15, 0.2) is 40.8 Å². The smallest absolute Gasteiger partial charge is 0.258 e. The summed E-state index contributed by atoms with van der Waals surface area (Å²) in [5.74, 6) is -4.23. The lowest BCUT2D eigenvalue weighted by Crippen LogP contribution is -2.15. The zero-order chi connectivity index (χ0) is 18.1. The van der Waals surface area contributed by atoms with E-state index in [1.165, 1.54) is 0 Å². The van der Waals surface area contributed by atoms with Gasteiger partial charge in [0.1, 0.15) is 11.5 Å². The largest absolute Gasteiger partial charge is 0.446 e. The maximum Gasteiger partial charge on any atom is 0.258 e. The summed E-state index contributed by atoms with van der Waals surface area (Å²) in [7, 11) is 0. The van der Waals surface area contributed by atoms with Gasteiger partial charge in [-0.15, -0.1) is 0 Å². The van der Waals surface area contributed by atoms with Crippen molar-refractivity contribution in [2.75, 3.05) is 5.32 Å². The Morgan fingerprint density at radius 1 is 1.00 bits per heavy atom. The van der Waals surface area contributed by atoms with Gasteiger partial charge in [0.25, 0.3) is 5.91 Å². The second-order valence-corrected chi connectivity index (χ2v) is 5.39. The zero-order valence-electron chi connectivity index (χ0n) is 13.4. The number of nitrogens with zero attached hydrogens (tertiary/aromatic N) is 1. The molecule has 0 saturated heterocycles. The number of oxazole rings is 1. The number of rotatable bonds is 3. The fourth-order valence-electron chi connectivity index (χ4n) is 2.41. The number of benzene rings is 2. The molecule has 3 rings (SSSR count). The summed E-state index contributed by atoms with van der Waals surface area (Å²) in [6, 6.07) is 8.19. The highest BCUT2D eigenvalue weighted by Crippen LogP contribution is 2.25. The lowest BCUT2D eigenvalue weighted by molar-refractivity contribution is 0.102. The SMILES string of the molecule is Cc1nc(-c2ccc(NC(=O)c3ccc(F)c(F)c3F)cc2)c(C)o1. The number of amides is 1. The molecular formula is C18H13F3N2O2. The van der Waals surface area contributed by atoms with Crippen LogP contribution in [0.25, 0.3) is 11.3 Å². The highest BCUT2D eigenvalue weighted by atomic mass is 19.2. The molecule has 1 aromatic heterocycles. The third kappa shape index (κ3) is 3.26. The zero-order valence-corrected chi connectivity index (χ0v) is 13.4. The summed E-state index contributed by atoms with van der Waals surface area (Å²) in [4.78, 5) is 16.3. The first-order chi connectivity index (χ1) is 11.9. The molecule has 0 spiro atoms. The molecule has 1 amide bonds. The van der Waals surface area contributed by atoms with E-state index in [2.05, 4.69) is 10.3 Å². The average molecular weight is 346 g/mol. The van der Waals surface area contributed by atoms with Gasteiger partial charge < -0.3 is 9.73 Å². The molecule has 0 atom stereocenters. The van der Waals surface area contributed by atoms with E-state index in [4.69, 9.17) is 4.42 Å². The molecule has 3 aromatic rings. The van der Waals surface area contributed by atoms with E-state index in [0.29, 0.717) is 29.1 Å².